The summed E-state index contributed by atoms with van der Waals surface area (Å²) >= 11 is 3.30. The molecule has 1 aliphatic heterocycles. The van der Waals surface area contributed by atoms with Crippen LogP contribution in [0.5, 0.6) is 0 Å². The number of ether oxygens (including phenoxy) is 2. The largest absolute Gasteiger partial charge is 0.468 e. The summed E-state index contributed by atoms with van der Waals surface area (Å²) in [4.78, 5) is 26.7. The topological polar surface area (TPSA) is 59.1 Å². The van der Waals surface area contributed by atoms with Crippen molar-refractivity contribution in [2.75, 3.05) is 39.8 Å². The average Bonchev–Trinajstić information content (AvgIpc) is 2.36. The van der Waals surface area contributed by atoms with Crippen LogP contribution in [0.1, 0.15) is 20.8 Å². The van der Waals surface area contributed by atoms with Crippen molar-refractivity contribution in [3.05, 3.63) is 0 Å². The van der Waals surface area contributed by atoms with Gasteiger partial charge in [-0.2, -0.15) is 0 Å². The van der Waals surface area contributed by atoms with Crippen LogP contribution in [0.2, 0.25) is 0 Å². The van der Waals surface area contributed by atoms with Gasteiger partial charge in [-0.25, -0.2) is 4.79 Å². The van der Waals surface area contributed by atoms with Gasteiger partial charge in [0.05, 0.1) is 7.11 Å². The van der Waals surface area contributed by atoms with Crippen molar-refractivity contribution in [3.8, 4) is 0 Å². The molecule has 0 N–H and O–H groups in total. The van der Waals surface area contributed by atoms with Gasteiger partial charge in [-0.1, -0.05) is 15.9 Å². The highest BCUT2D eigenvalue weighted by atomic mass is 79.9. The first-order valence-corrected chi connectivity index (χ1v) is 7.56. The molecule has 1 amide bonds. The third-order valence-electron chi connectivity index (χ3n) is 2.90. The number of piperazine rings is 1. The van der Waals surface area contributed by atoms with Crippen molar-refractivity contribution in [2.45, 2.75) is 31.2 Å². The first kappa shape index (κ1) is 17.2. The minimum absolute atomic E-state index is 0.277. The second-order valence-corrected chi connectivity index (χ2v) is 6.86. The highest BCUT2D eigenvalue weighted by Gasteiger charge is 2.27. The van der Waals surface area contributed by atoms with Gasteiger partial charge in [0, 0.05) is 32.7 Å². The number of halogens is 1. The van der Waals surface area contributed by atoms with Gasteiger partial charge in [-0.05, 0) is 20.8 Å². The third kappa shape index (κ3) is 5.66. The van der Waals surface area contributed by atoms with Crippen molar-refractivity contribution < 1.29 is 19.1 Å². The summed E-state index contributed by atoms with van der Waals surface area (Å²) < 4.78 is 10.0. The Bertz CT molecular complexity index is 349. The lowest BCUT2D eigenvalue weighted by Crippen LogP contribution is -2.51. The number of amides is 1. The molecule has 20 heavy (non-hydrogen) atoms. The number of hydrogen-bond donors (Lipinski definition) is 0. The Labute approximate surface area is 128 Å². The van der Waals surface area contributed by atoms with Crippen molar-refractivity contribution in [1.82, 2.24) is 9.80 Å². The van der Waals surface area contributed by atoms with Crippen LogP contribution in [-0.2, 0) is 14.3 Å². The summed E-state index contributed by atoms with van der Waals surface area (Å²) in [6, 6.07) is 0. The SMILES string of the molecule is COC(=O)C(Br)CN1CCN(C(=O)OC(C)(C)C)CC1. The van der Waals surface area contributed by atoms with Crippen molar-refractivity contribution in [2.24, 2.45) is 0 Å². The molecular formula is C13H23BrN2O4. The van der Waals surface area contributed by atoms with Gasteiger partial charge in [0.25, 0.3) is 0 Å². The van der Waals surface area contributed by atoms with E-state index in [4.69, 9.17) is 4.74 Å². The van der Waals surface area contributed by atoms with Crippen LogP contribution < -0.4 is 0 Å². The minimum atomic E-state index is -0.472. The summed E-state index contributed by atoms with van der Waals surface area (Å²) in [5, 5.41) is 0. The molecule has 1 atom stereocenters. The molecule has 0 aromatic rings. The zero-order valence-electron chi connectivity index (χ0n) is 12.5. The van der Waals surface area contributed by atoms with Gasteiger partial charge in [-0.3, -0.25) is 9.69 Å². The molecule has 0 spiro atoms. The van der Waals surface area contributed by atoms with E-state index in [2.05, 4.69) is 25.6 Å². The van der Waals surface area contributed by atoms with Gasteiger partial charge in [0.1, 0.15) is 10.4 Å². The fourth-order valence-corrected chi connectivity index (χ4v) is 2.47. The van der Waals surface area contributed by atoms with Crippen molar-refractivity contribution in [3.63, 3.8) is 0 Å². The lowest BCUT2D eigenvalue weighted by atomic mass is 10.2. The standard InChI is InChI=1S/C13H23BrN2O4/c1-13(2,3)20-12(18)16-7-5-15(6-8-16)9-10(14)11(17)19-4/h10H,5-9H2,1-4H3. The highest BCUT2D eigenvalue weighted by Crippen LogP contribution is 2.13. The maximum absolute atomic E-state index is 11.9. The molecular weight excluding hydrogens is 328 g/mol. The van der Waals surface area contributed by atoms with Crippen LogP contribution in [0.4, 0.5) is 4.79 Å². The van der Waals surface area contributed by atoms with E-state index in [9.17, 15) is 9.59 Å². The predicted molar refractivity (Wildman–Crippen MR) is 79.0 cm³/mol. The Kier molecular flexibility index (Phi) is 6.26. The van der Waals surface area contributed by atoms with E-state index in [1.54, 1.807) is 4.90 Å². The van der Waals surface area contributed by atoms with E-state index >= 15 is 0 Å². The summed E-state index contributed by atoms with van der Waals surface area (Å²) in [6.07, 6.45) is -0.277. The average molecular weight is 351 g/mol. The smallest absolute Gasteiger partial charge is 0.410 e. The van der Waals surface area contributed by atoms with Gasteiger partial charge < -0.3 is 14.4 Å². The third-order valence-corrected chi connectivity index (χ3v) is 3.56. The van der Waals surface area contributed by atoms with Crippen LogP contribution in [-0.4, -0.2) is 72.1 Å². The zero-order chi connectivity index (χ0) is 15.3. The van der Waals surface area contributed by atoms with E-state index in [-0.39, 0.29) is 16.9 Å². The van der Waals surface area contributed by atoms with Crippen molar-refractivity contribution >= 4 is 28.0 Å². The number of carbonyl (C=O) groups is 2. The minimum Gasteiger partial charge on any atom is -0.468 e. The molecule has 6 nitrogen and oxygen atoms in total. The molecule has 0 aromatic carbocycles. The van der Waals surface area contributed by atoms with Crippen LogP contribution >= 0.6 is 15.9 Å². The lowest BCUT2D eigenvalue weighted by Gasteiger charge is -2.36. The quantitative estimate of drug-likeness (QED) is 0.569. The number of rotatable bonds is 3. The summed E-state index contributed by atoms with van der Waals surface area (Å²) in [7, 11) is 1.37. The second-order valence-electron chi connectivity index (χ2n) is 5.76. The Morgan fingerprint density at radius 3 is 2.20 bits per heavy atom. The number of alkyl halides is 1. The summed E-state index contributed by atoms with van der Waals surface area (Å²) in [5.41, 5.74) is -0.472. The molecule has 1 fully saturated rings. The van der Waals surface area contributed by atoms with E-state index < -0.39 is 5.60 Å². The number of carbonyl (C=O) groups excluding carboxylic acids is 2. The number of hydrogen-bond acceptors (Lipinski definition) is 5. The van der Waals surface area contributed by atoms with Gasteiger partial charge >= 0.3 is 12.1 Å². The highest BCUT2D eigenvalue weighted by molar-refractivity contribution is 9.10. The number of methoxy groups -OCH3 is 1. The fraction of sp³-hybridized carbons (Fsp3) is 0.846. The molecule has 0 aliphatic carbocycles. The maximum Gasteiger partial charge on any atom is 0.410 e. The molecule has 1 heterocycles. The molecule has 7 heteroatoms. The van der Waals surface area contributed by atoms with Gasteiger partial charge in [-0.15, -0.1) is 0 Å². The Morgan fingerprint density at radius 2 is 1.75 bits per heavy atom. The number of esters is 1. The lowest BCUT2D eigenvalue weighted by molar-refractivity contribution is -0.140. The Morgan fingerprint density at radius 1 is 1.20 bits per heavy atom. The van der Waals surface area contributed by atoms with Crippen LogP contribution in [0, 0.1) is 0 Å². The molecule has 0 saturated carbocycles. The van der Waals surface area contributed by atoms with Crippen LogP contribution in [0.3, 0.4) is 0 Å². The first-order valence-electron chi connectivity index (χ1n) is 6.65. The molecule has 0 bridgehead atoms. The molecule has 1 aliphatic rings. The monoisotopic (exact) mass is 350 g/mol. The van der Waals surface area contributed by atoms with E-state index in [0.29, 0.717) is 19.6 Å². The van der Waals surface area contributed by atoms with E-state index in [1.165, 1.54) is 7.11 Å². The normalized spacial score (nSPS) is 18.6. The molecule has 1 unspecified atom stereocenters. The van der Waals surface area contributed by atoms with E-state index in [0.717, 1.165) is 13.1 Å². The maximum atomic E-state index is 11.9. The number of nitrogens with zero attached hydrogens (tertiary/aromatic N) is 2. The van der Waals surface area contributed by atoms with E-state index in [1.807, 2.05) is 20.8 Å². The summed E-state index contributed by atoms with van der Waals surface area (Å²) in [6.45, 7) is 8.80. The first-order chi connectivity index (χ1) is 9.23. The Balaban J connectivity index is 2.36. The van der Waals surface area contributed by atoms with Crippen molar-refractivity contribution in [1.29, 1.82) is 0 Å². The van der Waals surface area contributed by atoms with Crippen LogP contribution in [0.25, 0.3) is 0 Å². The second kappa shape index (κ2) is 7.26. The Hall–Kier alpha value is -0.820. The van der Waals surface area contributed by atoms with Crippen LogP contribution in [0.15, 0.2) is 0 Å². The van der Waals surface area contributed by atoms with Gasteiger partial charge in [0.2, 0.25) is 0 Å². The van der Waals surface area contributed by atoms with Gasteiger partial charge in [0.15, 0.2) is 0 Å². The molecule has 1 rings (SSSR count). The predicted octanol–water partition coefficient (Wildman–Crippen LogP) is 1.48. The molecule has 0 radical (unpaired) electrons. The molecule has 1 saturated heterocycles. The summed E-state index contributed by atoms with van der Waals surface area (Å²) in [5.74, 6) is -0.278. The zero-order valence-corrected chi connectivity index (χ0v) is 14.1. The fourth-order valence-electron chi connectivity index (χ4n) is 1.87. The molecule has 116 valence electrons. The molecule has 0 aromatic heterocycles.